The van der Waals surface area contributed by atoms with Crippen LogP contribution in [0.2, 0.25) is 0 Å². The Morgan fingerprint density at radius 2 is 0.816 bits per heavy atom. The van der Waals surface area contributed by atoms with Crippen LogP contribution in [0.15, 0.2) is 69.3 Å². The molecule has 0 heterocycles. The molecule has 2 nitrogen and oxygen atoms in total. The van der Waals surface area contributed by atoms with E-state index >= 15 is 0 Å². The first-order chi connectivity index (χ1) is 22.0. The van der Waals surface area contributed by atoms with E-state index in [9.17, 15) is 4.79 Å². The Balaban J connectivity index is 3.01. The molecular formula is C46H70O2S. The normalized spacial score (nSPS) is 14.2. The lowest BCUT2D eigenvalue weighted by Crippen LogP contribution is -2.30. The molecule has 0 atom stereocenters. The molecule has 0 saturated carbocycles. The second-order valence-electron chi connectivity index (χ2n) is 20.4. The SMILES string of the molecule is CCCC(=O)OS(c1ccccc1)(c1c(C(C)(C)C)cc(C(C)(C)C)cc1C(C)(C)C)c1c(C(C)(C)C)cc(C(C)(C)C)cc1C(C)(C)C. The van der Waals surface area contributed by atoms with E-state index in [1.807, 2.05) is 0 Å². The quantitative estimate of drug-likeness (QED) is 0.258. The van der Waals surface area contributed by atoms with Gasteiger partial charge in [0.15, 0.2) is 0 Å². The van der Waals surface area contributed by atoms with Crippen molar-refractivity contribution in [1.82, 2.24) is 0 Å². The van der Waals surface area contributed by atoms with Gasteiger partial charge in [-0.05, 0) is 94.7 Å². The molecule has 3 aromatic carbocycles. The third-order valence-electron chi connectivity index (χ3n) is 9.46. The maximum atomic E-state index is 14.5. The zero-order valence-electron chi connectivity index (χ0n) is 34.8. The second-order valence-corrected chi connectivity index (χ2v) is 22.9. The van der Waals surface area contributed by atoms with Crippen molar-refractivity contribution in [2.75, 3.05) is 0 Å². The van der Waals surface area contributed by atoms with Crippen LogP contribution in [-0.2, 0) is 41.5 Å². The fraction of sp³-hybridized carbons (Fsp3) is 0.587. The molecule has 0 saturated heterocycles. The molecule has 0 radical (unpaired) electrons. The summed E-state index contributed by atoms with van der Waals surface area (Å²) in [6.45, 7) is 43.8. The highest BCUT2D eigenvalue weighted by Gasteiger charge is 2.48. The minimum absolute atomic E-state index is 0.0658. The molecule has 0 aliphatic rings. The van der Waals surface area contributed by atoms with E-state index in [-0.39, 0.29) is 38.5 Å². The lowest BCUT2D eigenvalue weighted by atomic mass is 9.75. The Hall–Kier alpha value is -2.52. The summed E-state index contributed by atoms with van der Waals surface area (Å²) in [7, 11) is -2.68. The van der Waals surface area contributed by atoms with E-state index in [1.165, 1.54) is 43.2 Å². The number of benzene rings is 3. The molecule has 0 fully saturated rings. The van der Waals surface area contributed by atoms with E-state index in [1.54, 1.807) is 0 Å². The molecule has 272 valence electrons. The van der Waals surface area contributed by atoms with Crippen LogP contribution in [0.25, 0.3) is 0 Å². The standard InChI is InChI=1S/C46H70O2S/c1-20-24-38(47)48-49(33-25-22-21-23-26-33,39-34(43(8,9)10)27-31(41(2,3)4)28-35(39)44(11,12)13)40-36(45(14,15)16)29-32(42(5,6)7)30-37(40)46(17,18)19/h21-23,25-30H,20,24H2,1-19H3. The van der Waals surface area contributed by atoms with Gasteiger partial charge in [0.2, 0.25) is 0 Å². The van der Waals surface area contributed by atoms with Gasteiger partial charge >= 0.3 is 5.97 Å². The molecule has 0 spiro atoms. The molecule has 3 aromatic rings. The van der Waals surface area contributed by atoms with Gasteiger partial charge in [-0.25, -0.2) is 0 Å². The number of carbonyl (C=O) groups excluding carboxylic acids is 1. The van der Waals surface area contributed by atoms with Crippen LogP contribution in [0.1, 0.15) is 178 Å². The molecule has 3 heteroatoms. The fourth-order valence-corrected chi connectivity index (χ4v) is 11.0. The summed E-state index contributed by atoms with van der Waals surface area (Å²) in [5.41, 5.74) is 6.55. The van der Waals surface area contributed by atoms with Crippen LogP contribution in [0.3, 0.4) is 0 Å². The highest BCUT2D eigenvalue weighted by molar-refractivity contribution is 8.30. The van der Waals surface area contributed by atoms with E-state index < -0.39 is 10.3 Å². The average molecular weight is 687 g/mol. The van der Waals surface area contributed by atoms with Gasteiger partial charge in [0.25, 0.3) is 0 Å². The lowest BCUT2D eigenvalue weighted by molar-refractivity contribution is -0.133. The first-order valence-electron chi connectivity index (χ1n) is 18.5. The van der Waals surface area contributed by atoms with Crippen LogP contribution in [-0.4, -0.2) is 5.97 Å². The molecule has 0 aliphatic heterocycles. The van der Waals surface area contributed by atoms with Crippen molar-refractivity contribution < 1.29 is 8.98 Å². The molecule has 0 N–H and O–H groups in total. The largest absolute Gasteiger partial charge is 0.402 e. The van der Waals surface area contributed by atoms with Crippen molar-refractivity contribution in [3.63, 3.8) is 0 Å². The Labute approximate surface area is 303 Å². The monoisotopic (exact) mass is 687 g/mol. The van der Waals surface area contributed by atoms with E-state index in [0.29, 0.717) is 6.42 Å². The minimum Gasteiger partial charge on any atom is -0.402 e. The van der Waals surface area contributed by atoms with Gasteiger partial charge in [-0.2, -0.15) is 0 Å². The van der Waals surface area contributed by atoms with Gasteiger partial charge in [0.05, 0.1) is 0 Å². The Morgan fingerprint density at radius 3 is 1.06 bits per heavy atom. The van der Waals surface area contributed by atoms with Crippen molar-refractivity contribution in [3.8, 4) is 0 Å². The van der Waals surface area contributed by atoms with Crippen molar-refractivity contribution in [2.45, 2.75) is 192 Å². The van der Waals surface area contributed by atoms with Gasteiger partial charge in [-0.3, -0.25) is 4.79 Å². The first-order valence-corrected chi connectivity index (χ1v) is 20.0. The van der Waals surface area contributed by atoms with Crippen molar-refractivity contribution in [3.05, 3.63) is 88.0 Å². The molecule has 0 bridgehead atoms. The summed E-state index contributed by atoms with van der Waals surface area (Å²) in [5.74, 6) is -0.138. The third kappa shape index (κ3) is 8.69. The van der Waals surface area contributed by atoms with Crippen LogP contribution in [0.4, 0.5) is 0 Å². The van der Waals surface area contributed by atoms with E-state index in [4.69, 9.17) is 4.18 Å². The summed E-state index contributed by atoms with van der Waals surface area (Å²) >= 11 is 0. The van der Waals surface area contributed by atoms with Gasteiger partial charge in [0, 0.05) is 21.1 Å². The highest BCUT2D eigenvalue weighted by Crippen LogP contribution is 2.75. The Morgan fingerprint density at radius 1 is 0.510 bits per heavy atom. The Bertz CT molecular complexity index is 1470. The predicted octanol–water partition coefficient (Wildman–Crippen LogP) is 14.0. The first kappa shape index (κ1) is 40.9. The van der Waals surface area contributed by atoms with Crippen LogP contribution < -0.4 is 0 Å². The maximum absolute atomic E-state index is 14.5. The molecule has 0 aromatic heterocycles. The number of carbonyl (C=O) groups is 1. The van der Waals surface area contributed by atoms with Crippen LogP contribution in [0.5, 0.6) is 0 Å². The molecule has 0 amide bonds. The second kappa shape index (κ2) is 13.6. The topological polar surface area (TPSA) is 26.3 Å². The zero-order chi connectivity index (χ0) is 37.8. The highest BCUT2D eigenvalue weighted by atomic mass is 32.3. The summed E-state index contributed by atoms with van der Waals surface area (Å²) < 4.78 is 7.48. The molecule has 0 aliphatic carbocycles. The van der Waals surface area contributed by atoms with Gasteiger partial charge < -0.3 is 4.18 Å². The van der Waals surface area contributed by atoms with Crippen LogP contribution >= 0.6 is 10.3 Å². The van der Waals surface area contributed by atoms with Crippen molar-refractivity contribution >= 4 is 16.3 Å². The van der Waals surface area contributed by atoms with E-state index in [2.05, 4.69) is 186 Å². The molecule has 49 heavy (non-hydrogen) atoms. The average Bonchev–Trinajstić information content (AvgIpc) is 2.92. The van der Waals surface area contributed by atoms with Gasteiger partial charge in [-0.1, -0.05) is 174 Å². The van der Waals surface area contributed by atoms with Crippen LogP contribution in [0, 0.1) is 0 Å². The van der Waals surface area contributed by atoms with Crippen molar-refractivity contribution in [2.24, 2.45) is 0 Å². The minimum atomic E-state index is -2.68. The third-order valence-corrected chi connectivity index (χ3v) is 12.9. The molecule has 3 rings (SSSR count). The number of hydrogen-bond donors (Lipinski definition) is 0. The number of rotatable bonds is 6. The fourth-order valence-electron chi connectivity index (χ4n) is 6.44. The van der Waals surface area contributed by atoms with Gasteiger partial charge in [-0.15, -0.1) is 0 Å². The predicted molar refractivity (Wildman–Crippen MR) is 215 cm³/mol. The lowest BCUT2D eigenvalue weighted by Gasteiger charge is -2.50. The van der Waals surface area contributed by atoms with Gasteiger partial charge in [0.1, 0.15) is 0 Å². The maximum Gasteiger partial charge on any atom is 0.317 e. The van der Waals surface area contributed by atoms with Crippen molar-refractivity contribution in [1.29, 1.82) is 0 Å². The Kier molecular flexibility index (Phi) is 11.3. The summed E-state index contributed by atoms with van der Waals surface area (Å²) in [5, 5.41) is 0. The summed E-state index contributed by atoms with van der Waals surface area (Å²) in [6, 6.07) is 20.6. The summed E-state index contributed by atoms with van der Waals surface area (Å²) in [6.07, 6.45) is 1.10. The number of hydrogen-bond acceptors (Lipinski definition) is 2. The summed E-state index contributed by atoms with van der Waals surface area (Å²) in [4.78, 5) is 17.9. The smallest absolute Gasteiger partial charge is 0.317 e. The molecule has 0 unspecified atom stereocenters. The molecular weight excluding hydrogens is 617 g/mol. The van der Waals surface area contributed by atoms with E-state index in [0.717, 1.165) is 11.3 Å². The zero-order valence-corrected chi connectivity index (χ0v) is 35.7.